The van der Waals surface area contributed by atoms with Crippen LogP contribution >= 0.6 is 0 Å². The van der Waals surface area contributed by atoms with Crippen LogP contribution in [-0.4, -0.2) is 24.2 Å². The quantitative estimate of drug-likeness (QED) is 0.775. The van der Waals surface area contributed by atoms with E-state index in [0.29, 0.717) is 12.0 Å². The highest BCUT2D eigenvalue weighted by Crippen LogP contribution is 2.21. The first-order valence-electron chi connectivity index (χ1n) is 6.15. The Bertz CT molecular complexity index is 679. The maximum absolute atomic E-state index is 10.9. The Kier molecular flexibility index (Phi) is 3.09. The van der Waals surface area contributed by atoms with Gasteiger partial charge in [0.1, 0.15) is 0 Å². The number of dihydropyridines is 1. The van der Waals surface area contributed by atoms with Crippen molar-refractivity contribution in [1.29, 1.82) is 0 Å². The number of allylic oxidation sites excluding steroid dienone is 2. The molecule has 1 aromatic carbocycles. The monoisotopic (exact) mass is 265 g/mol. The van der Waals surface area contributed by atoms with E-state index in [9.17, 15) is 9.59 Å². The van der Waals surface area contributed by atoms with Gasteiger partial charge in [-0.2, -0.15) is 0 Å². The van der Waals surface area contributed by atoms with Crippen molar-refractivity contribution in [3.8, 4) is 0 Å². The van der Waals surface area contributed by atoms with Gasteiger partial charge in [-0.25, -0.2) is 4.99 Å². The normalized spacial score (nSPS) is 17.6. The van der Waals surface area contributed by atoms with Crippen molar-refractivity contribution in [1.82, 2.24) is 0 Å². The third kappa shape index (κ3) is 2.33. The largest absolute Gasteiger partial charge is 0.326 e. The lowest BCUT2D eigenvalue weighted by molar-refractivity contribution is -0.115. The molecule has 5 heteroatoms. The summed E-state index contributed by atoms with van der Waals surface area (Å²) in [6.07, 6.45) is 7.00. The zero-order valence-corrected chi connectivity index (χ0v) is 10.5. The first-order chi connectivity index (χ1) is 9.74. The molecule has 0 bridgehead atoms. The predicted octanol–water partition coefficient (Wildman–Crippen LogP) is 1.67. The minimum Gasteiger partial charge on any atom is -0.326 e. The molecule has 0 radical (unpaired) electrons. The van der Waals surface area contributed by atoms with E-state index in [1.807, 2.05) is 24.3 Å². The second-order valence-electron chi connectivity index (χ2n) is 4.38. The summed E-state index contributed by atoms with van der Waals surface area (Å²) in [5.74, 6) is -0.101. The summed E-state index contributed by atoms with van der Waals surface area (Å²) in [5.41, 5.74) is 3.39. The van der Waals surface area contributed by atoms with Crippen molar-refractivity contribution in [2.75, 3.05) is 5.32 Å². The number of nitrogens with one attached hydrogen (secondary N) is 1. The van der Waals surface area contributed by atoms with E-state index in [0.717, 1.165) is 16.9 Å². The van der Waals surface area contributed by atoms with Gasteiger partial charge in [0, 0.05) is 18.1 Å². The molecule has 5 nitrogen and oxygen atoms in total. The summed E-state index contributed by atoms with van der Waals surface area (Å²) >= 11 is 0. The van der Waals surface area contributed by atoms with Crippen LogP contribution in [0.15, 0.2) is 57.7 Å². The molecule has 2 amide bonds. The zero-order valence-electron chi connectivity index (χ0n) is 10.5. The average Bonchev–Trinajstić information content (AvgIpc) is 3.04. The van der Waals surface area contributed by atoms with Crippen molar-refractivity contribution in [2.24, 2.45) is 9.98 Å². The van der Waals surface area contributed by atoms with Gasteiger partial charge in [-0.05, 0) is 23.8 Å². The molecule has 0 spiro atoms. The second-order valence-corrected chi connectivity index (χ2v) is 4.38. The number of aliphatic imine (C=N–C) groups is 2. The van der Waals surface area contributed by atoms with Crippen LogP contribution in [-0.2, 0) is 16.0 Å². The van der Waals surface area contributed by atoms with Gasteiger partial charge in [-0.3, -0.25) is 14.6 Å². The number of hydrogen-bond acceptors (Lipinski definition) is 3. The number of anilines is 1. The molecule has 0 atom stereocenters. The Balaban J connectivity index is 0.000000121. The van der Waals surface area contributed by atoms with Crippen LogP contribution in [0.25, 0.3) is 0 Å². The lowest BCUT2D eigenvalue weighted by atomic mass is 10.1. The first kappa shape index (κ1) is 12.2. The Morgan fingerprint density at radius 3 is 2.60 bits per heavy atom. The molecule has 0 fully saturated rings. The highest BCUT2D eigenvalue weighted by molar-refractivity contribution is 6.11. The lowest BCUT2D eigenvalue weighted by Crippen LogP contribution is -2.03. The maximum atomic E-state index is 10.9. The van der Waals surface area contributed by atoms with E-state index in [2.05, 4.69) is 15.3 Å². The Labute approximate surface area is 115 Å². The summed E-state index contributed by atoms with van der Waals surface area (Å²) in [7, 11) is 0. The molecule has 4 rings (SSSR count). The van der Waals surface area contributed by atoms with Crippen LogP contribution in [0.5, 0.6) is 0 Å². The third-order valence-electron chi connectivity index (χ3n) is 3.03. The SMILES string of the molecule is O=C1Cc2ccccc2N1.O=C1N=CC=C2N=CC=C12. The molecule has 0 aliphatic carbocycles. The van der Waals surface area contributed by atoms with Gasteiger partial charge in [0.05, 0.1) is 17.7 Å². The molecular formula is C15H11N3O2. The molecule has 98 valence electrons. The molecule has 0 unspecified atom stereocenters. The van der Waals surface area contributed by atoms with E-state index in [4.69, 9.17) is 0 Å². The second kappa shape index (κ2) is 5.05. The van der Waals surface area contributed by atoms with Gasteiger partial charge in [-0.1, -0.05) is 18.2 Å². The number of fused-ring (bicyclic) bond motifs is 2. The van der Waals surface area contributed by atoms with Crippen LogP contribution in [0.1, 0.15) is 5.56 Å². The number of nitrogens with zero attached hydrogens (tertiary/aromatic N) is 2. The summed E-state index contributed by atoms with van der Waals surface area (Å²) in [5, 5.41) is 2.76. The summed E-state index contributed by atoms with van der Waals surface area (Å²) in [6, 6.07) is 7.75. The van der Waals surface area contributed by atoms with Gasteiger partial charge in [0.15, 0.2) is 0 Å². The van der Waals surface area contributed by atoms with Gasteiger partial charge < -0.3 is 5.32 Å². The van der Waals surface area contributed by atoms with Crippen LogP contribution in [0.2, 0.25) is 0 Å². The zero-order chi connectivity index (χ0) is 13.9. The summed E-state index contributed by atoms with van der Waals surface area (Å²) in [4.78, 5) is 29.2. The lowest BCUT2D eigenvalue weighted by Gasteiger charge is -2.00. The average molecular weight is 265 g/mol. The molecule has 0 saturated carbocycles. The van der Waals surface area contributed by atoms with E-state index >= 15 is 0 Å². The number of hydrogen-bond donors (Lipinski definition) is 1. The molecule has 0 saturated heterocycles. The molecule has 1 aromatic rings. The van der Waals surface area contributed by atoms with Crippen molar-refractivity contribution in [3.63, 3.8) is 0 Å². The molecule has 3 heterocycles. The molecule has 3 aliphatic rings. The molecular weight excluding hydrogens is 254 g/mol. The van der Waals surface area contributed by atoms with E-state index in [1.54, 1.807) is 18.4 Å². The van der Waals surface area contributed by atoms with Gasteiger partial charge in [0.25, 0.3) is 5.91 Å². The molecule has 1 N–H and O–H groups in total. The molecule has 3 aliphatic heterocycles. The van der Waals surface area contributed by atoms with Crippen LogP contribution in [0.3, 0.4) is 0 Å². The van der Waals surface area contributed by atoms with Crippen molar-refractivity contribution >= 4 is 29.9 Å². The predicted molar refractivity (Wildman–Crippen MR) is 76.9 cm³/mol. The van der Waals surface area contributed by atoms with Gasteiger partial charge in [0.2, 0.25) is 5.91 Å². The highest BCUT2D eigenvalue weighted by atomic mass is 16.2. The van der Waals surface area contributed by atoms with E-state index in [-0.39, 0.29) is 11.8 Å². The topological polar surface area (TPSA) is 70.9 Å². The minimum atomic E-state index is -0.199. The summed E-state index contributed by atoms with van der Waals surface area (Å²) in [6.45, 7) is 0. The van der Waals surface area contributed by atoms with E-state index in [1.165, 1.54) is 6.21 Å². The standard InChI is InChI=1S/C8H7NO.C7H4N2O/c10-8-5-6-3-1-2-4-7(6)9-8;10-7-5-1-3-8-6(5)2-4-9-7/h1-4H,5H2,(H,9,10);1-4H. The van der Waals surface area contributed by atoms with Crippen molar-refractivity contribution in [3.05, 3.63) is 53.3 Å². The number of para-hydroxylation sites is 1. The first-order valence-corrected chi connectivity index (χ1v) is 6.15. The van der Waals surface area contributed by atoms with Gasteiger partial charge in [-0.15, -0.1) is 0 Å². The van der Waals surface area contributed by atoms with Crippen molar-refractivity contribution in [2.45, 2.75) is 6.42 Å². The van der Waals surface area contributed by atoms with Crippen molar-refractivity contribution < 1.29 is 9.59 Å². The number of carbonyl (C=O) groups excluding carboxylic acids is 2. The fourth-order valence-electron chi connectivity index (χ4n) is 2.07. The number of amides is 2. The Morgan fingerprint density at radius 2 is 1.80 bits per heavy atom. The maximum Gasteiger partial charge on any atom is 0.279 e. The Hall–Kier alpha value is -2.82. The highest BCUT2D eigenvalue weighted by Gasteiger charge is 2.17. The summed E-state index contributed by atoms with van der Waals surface area (Å²) < 4.78 is 0. The van der Waals surface area contributed by atoms with Crippen LogP contribution < -0.4 is 5.32 Å². The fourth-order valence-corrected chi connectivity index (χ4v) is 2.07. The molecule has 0 aromatic heterocycles. The third-order valence-corrected chi connectivity index (χ3v) is 3.03. The minimum absolute atomic E-state index is 0.0983. The van der Waals surface area contributed by atoms with Crippen LogP contribution in [0, 0.1) is 0 Å². The number of rotatable bonds is 0. The van der Waals surface area contributed by atoms with E-state index < -0.39 is 0 Å². The molecule has 20 heavy (non-hydrogen) atoms. The smallest absolute Gasteiger partial charge is 0.279 e. The number of benzene rings is 1. The Morgan fingerprint density at radius 1 is 1.00 bits per heavy atom. The van der Waals surface area contributed by atoms with Gasteiger partial charge >= 0.3 is 0 Å². The fraction of sp³-hybridized carbons (Fsp3) is 0.0667. The number of carbonyl (C=O) groups is 2. The van der Waals surface area contributed by atoms with Crippen LogP contribution in [0.4, 0.5) is 5.69 Å².